The summed E-state index contributed by atoms with van der Waals surface area (Å²) in [5, 5.41) is 5.67. The van der Waals surface area contributed by atoms with Crippen LogP contribution in [0.1, 0.15) is 21.6 Å². The minimum Gasteiger partial charge on any atom is -0.378 e. The fourth-order valence-corrected chi connectivity index (χ4v) is 2.30. The Kier molecular flexibility index (Phi) is 5.35. The first-order valence-corrected chi connectivity index (χ1v) is 7.99. The summed E-state index contributed by atoms with van der Waals surface area (Å²) in [7, 11) is 0. The van der Waals surface area contributed by atoms with Crippen LogP contribution in [0, 0.1) is 0 Å². The van der Waals surface area contributed by atoms with Crippen LogP contribution in [-0.4, -0.2) is 15.9 Å². The number of hydrogen-bond donors (Lipinski definition) is 2. The molecule has 27 heavy (non-hydrogen) atoms. The molecule has 2 N–H and O–H groups in total. The molecule has 1 amide bonds. The van der Waals surface area contributed by atoms with E-state index in [4.69, 9.17) is 0 Å². The fraction of sp³-hybridized carbons (Fsp3) is 0.105. The largest absolute Gasteiger partial charge is 0.416 e. The van der Waals surface area contributed by atoms with E-state index in [0.29, 0.717) is 12.2 Å². The molecule has 0 aliphatic heterocycles. The number of hydrogen-bond acceptors (Lipinski definition) is 4. The molecule has 0 radical (unpaired) electrons. The maximum atomic E-state index is 12.6. The Morgan fingerprint density at radius 2 is 1.78 bits per heavy atom. The lowest BCUT2D eigenvalue weighted by atomic mass is 10.2. The van der Waals surface area contributed by atoms with Crippen LogP contribution >= 0.6 is 0 Å². The minimum absolute atomic E-state index is 0.264. The predicted molar refractivity (Wildman–Crippen MR) is 95.2 cm³/mol. The third-order valence-electron chi connectivity index (χ3n) is 3.67. The van der Waals surface area contributed by atoms with Gasteiger partial charge in [0.1, 0.15) is 0 Å². The first-order valence-electron chi connectivity index (χ1n) is 7.99. The number of carbonyl (C=O) groups excluding carboxylic acids is 1. The number of alkyl halides is 3. The number of anilines is 2. The van der Waals surface area contributed by atoms with E-state index in [9.17, 15) is 18.0 Å². The summed E-state index contributed by atoms with van der Waals surface area (Å²) in [6, 6.07) is 11.4. The van der Waals surface area contributed by atoms with Crippen LogP contribution < -0.4 is 10.6 Å². The van der Waals surface area contributed by atoms with E-state index < -0.39 is 17.6 Å². The van der Waals surface area contributed by atoms with Gasteiger partial charge in [-0.1, -0.05) is 6.07 Å². The number of nitrogens with zero attached hydrogens (tertiary/aromatic N) is 2. The van der Waals surface area contributed by atoms with Crippen molar-refractivity contribution in [3.63, 3.8) is 0 Å². The highest BCUT2D eigenvalue weighted by molar-refractivity contribution is 6.04. The Morgan fingerprint density at radius 1 is 1.00 bits per heavy atom. The molecule has 0 aliphatic carbocycles. The average Bonchev–Trinajstić information content (AvgIpc) is 2.67. The summed E-state index contributed by atoms with van der Waals surface area (Å²) in [6.45, 7) is 0.465. The van der Waals surface area contributed by atoms with Crippen molar-refractivity contribution in [2.75, 3.05) is 10.6 Å². The van der Waals surface area contributed by atoms with Gasteiger partial charge in [-0.3, -0.25) is 14.8 Å². The van der Waals surface area contributed by atoms with Gasteiger partial charge >= 0.3 is 6.18 Å². The summed E-state index contributed by atoms with van der Waals surface area (Å²) in [5.41, 5.74) is 1.22. The van der Waals surface area contributed by atoms with Crippen molar-refractivity contribution in [2.45, 2.75) is 12.7 Å². The molecule has 0 saturated heterocycles. The van der Waals surface area contributed by atoms with Gasteiger partial charge in [0.2, 0.25) is 0 Å². The predicted octanol–water partition coefficient (Wildman–Crippen LogP) is 4.36. The van der Waals surface area contributed by atoms with Crippen LogP contribution in [0.25, 0.3) is 0 Å². The van der Waals surface area contributed by atoms with Gasteiger partial charge in [0.05, 0.1) is 29.1 Å². The zero-order chi connectivity index (χ0) is 19.3. The SMILES string of the molecule is O=C(Nc1ccc(C(F)(F)F)cc1)c1cncc(NCc2ccccn2)c1. The molecule has 0 atom stereocenters. The number of rotatable bonds is 5. The van der Waals surface area contributed by atoms with Crippen molar-refractivity contribution < 1.29 is 18.0 Å². The van der Waals surface area contributed by atoms with E-state index >= 15 is 0 Å². The third kappa shape index (κ3) is 5.04. The van der Waals surface area contributed by atoms with Gasteiger partial charge in [-0.25, -0.2) is 0 Å². The molecule has 0 aliphatic rings. The van der Waals surface area contributed by atoms with Gasteiger partial charge in [-0.15, -0.1) is 0 Å². The monoisotopic (exact) mass is 372 g/mol. The molecule has 5 nitrogen and oxygen atoms in total. The molecule has 138 valence electrons. The van der Waals surface area contributed by atoms with Gasteiger partial charge in [0.15, 0.2) is 0 Å². The molecule has 0 bridgehead atoms. The molecule has 0 saturated carbocycles. The minimum atomic E-state index is -4.42. The van der Waals surface area contributed by atoms with Crippen molar-refractivity contribution in [1.29, 1.82) is 0 Å². The van der Waals surface area contributed by atoms with Crippen LogP contribution in [0.5, 0.6) is 0 Å². The van der Waals surface area contributed by atoms with Crippen molar-refractivity contribution in [3.05, 3.63) is 83.9 Å². The Balaban J connectivity index is 1.64. The Hall–Kier alpha value is -3.42. The third-order valence-corrected chi connectivity index (χ3v) is 3.67. The standard InChI is InChI=1S/C19H15F3N4O/c20-19(21,22)14-4-6-15(7-5-14)26-18(27)13-9-17(11-23-10-13)25-12-16-3-1-2-8-24-16/h1-11,25H,12H2,(H,26,27). The molecule has 2 heterocycles. The summed E-state index contributed by atoms with van der Waals surface area (Å²) in [5.74, 6) is -0.469. The van der Waals surface area contributed by atoms with E-state index in [-0.39, 0.29) is 11.3 Å². The average molecular weight is 372 g/mol. The number of amides is 1. The smallest absolute Gasteiger partial charge is 0.378 e. The molecule has 3 rings (SSSR count). The highest BCUT2D eigenvalue weighted by atomic mass is 19.4. The number of pyridine rings is 2. The van der Waals surface area contributed by atoms with Gasteiger partial charge in [-0.05, 0) is 42.5 Å². The fourth-order valence-electron chi connectivity index (χ4n) is 2.30. The quantitative estimate of drug-likeness (QED) is 0.698. The van der Waals surface area contributed by atoms with Crippen LogP contribution in [0.2, 0.25) is 0 Å². The number of nitrogens with one attached hydrogen (secondary N) is 2. The van der Waals surface area contributed by atoms with E-state index in [0.717, 1.165) is 17.8 Å². The second-order valence-electron chi connectivity index (χ2n) is 5.67. The van der Waals surface area contributed by atoms with Gasteiger partial charge in [0.25, 0.3) is 5.91 Å². The topological polar surface area (TPSA) is 66.9 Å². The summed E-state index contributed by atoms with van der Waals surface area (Å²) >= 11 is 0. The lowest BCUT2D eigenvalue weighted by Crippen LogP contribution is -2.13. The molecule has 0 fully saturated rings. The number of aromatic nitrogens is 2. The van der Waals surface area contributed by atoms with Crippen molar-refractivity contribution >= 4 is 17.3 Å². The van der Waals surface area contributed by atoms with Gasteiger partial charge in [0, 0.05) is 24.3 Å². The molecule has 0 spiro atoms. The zero-order valence-corrected chi connectivity index (χ0v) is 14.0. The number of carbonyl (C=O) groups is 1. The molecular weight excluding hydrogens is 357 g/mol. The van der Waals surface area contributed by atoms with E-state index in [1.165, 1.54) is 18.3 Å². The molecule has 8 heteroatoms. The van der Waals surface area contributed by atoms with Crippen molar-refractivity contribution in [1.82, 2.24) is 9.97 Å². The lowest BCUT2D eigenvalue weighted by Gasteiger charge is -2.10. The van der Waals surface area contributed by atoms with Crippen LogP contribution in [0.4, 0.5) is 24.5 Å². The summed E-state index contributed by atoms with van der Waals surface area (Å²) in [6.07, 6.45) is 0.215. The highest BCUT2D eigenvalue weighted by Gasteiger charge is 2.30. The maximum absolute atomic E-state index is 12.6. The van der Waals surface area contributed by atoms with Crippen LogP contribution in [0.3, 0.4) is 0 Å². The lowest BCUT2D eigenvalue weighted by molar-refractivity contribution is -0.137. The Bertz CT molecular complexity index is 912. The summed E-state index contributed by atoms with van der Waals surface area (Å²) in [4.78, 5) is 20.5. The zero-order valence-electron chi connectivity index (χ0n) is 14.0. The van der Waals surface area contributed by atoms with Crippen LogP contribution in [0.15, 0.2) is 67.1 Å². The number of benzene rings is 1. The van der Waals surface area contributed by atoms with E-state index in [2.05, 4.69) is 20.6 Å². The second-order valence-corrected chi connectivity index (χ2v) is 5.67. The molecule has 3 aromatic rings. The first-order chi connectivity index (χ1) is 12.9. The summed E-state index contributed by atoms with van der Waals surface area (Å²) < 4.78 is 37.7. The molecule has 1 aromatic carbocycles. The molecular formula is C19H15F3N4O. The van der Waals surface area contributed by atoms with Crippen molar-refractivity contribution in [2.24, 2.45) is 0 Å². The van der Waals surface area contributed by atoms with E-state index in [1.807, 2.05) is 18.2 Å². The Morgan fingerprint density at radius 3 is 2.44 bits per heavy atom. The Labute approximate surface area is 153 Å². The second kappa shape index (κ2) is 7.86. The molecule has 2 aromatic heterocycles. The highest BCUT2D eigenvalue weighted by Crippen LogP contribution is 2.29. The van der Waals surface area contributed by atoms with Crippen molar-refractivity contribution in [3.8, 4) is 0 Å². The van der Waals surface area contributed by atoms with Gasteiger partial charge < -0.3 is 10.6 Å². The molecule has 0 unspecified atom stereocenters. The van der Waals surface area contributed by atoms with Gasteiger partial charge in [-0.2, -0.15) is 13.2 Å². The normalized spacial score (nSPS) is 11.1. The first kappa shape index (κ1) is 18.4. The number of halogens is 3. The van der Waals surface area contributed by atoms with Crippen LogP contribution in [-0.2, 0) is 12.7 Å². The van der Waals surface area contributed by atoms with E-state index in [1.54, 1.807) is 18.5 Å². The maximum Gasteiger partial charge on any atom is 0.416 e.